The Morgan fingerprint density at radius 1 is 0.667 bits per heavy atom. The molecule has 1 heterocycles. The summed E-state index contributed by atoms with van der Waals surface area (Å²) in [4.78, 5) is 24.2. The summed E-state index contributed by atoms with van der Waals surface area (Å²) in [5.41, 5.74) is 0. The molecular weight excluding hydrogens is 528 g/mol. The highest BCUT2D eigenvalue weighted by atomic mass is 16.6. The molecule has 0 bridgehead atoms. The van der Waals surface area contributed by atoms with Gasteiger partial charge in [0.1, 0.15) is 6.61 Å². The van der Waals surface area contributed by atoms with E-state index in [1.165, 1.54) is 89.9 Å². The Balaban J connectivity index is 1.90. The van der Waals surface area contributed by atoms with Gasteiger partial charge in [-0.05, 0) is 38.5 Å². The van der Waals surface area contributed by atoms with E-state index in [4.69, 9.17) is 14.2 Å². The van der Waals surface area contributed by atoms with E-state index in [1.54, 1.807) is 0 Å². The first-order valence-corrected chi connectivity index (χ1v) is 17.9. The lowest BCUT2D eigenvalue weighted by Gasteiger charge is -2.15. The zero-order valence-electron chi connectivity index (χ0n) is 27.5. The summed E-state index contributed by atoms with van der Waals surface area (Å²) >= 11 is 0. The molecule has 42 heavy (non-hydrogen) atoms. The summed E-state index contributed by atoms with van der Waals surface area (Å²) in [6, 6.07) is 0. The Morgan fingerprint density at radius 3 is 1.79 bits per heavy atom. The second-order valence-electron chi connectivity index (χ2n) is 12.3. The van der Waals surface area contributed by atoms with Crippen LogP contribution in [0.2, 0.25) is 0 Å². The number of esters is 2. The van der Waals surface area contributed by atoms with Crippen LogP contribution in [0.5, 0.6) is 0 Å². The van der Waals surface area contributed by atoms with E-state index in [9.17, 15) is 14.7 Å². The van der Waals surface area contributed by atoms with E-state index in [0.29, 0.717) is 25.0 Å². The standard InChI is InChI=1S/C36H66O6/c1-3-5-7-9-11-12-13-14-15-16-20-24-28-35(38)40-31-32(30-37)41-36(39)29-25-21-17-19-23-27-34-33(42-34)26-22-18-10-8-6-4-2/h18,22,32-34,37H,3-17,19-21,23-31H2,1-2H3/b22-18-/t32-,33?,34?/m0/s1. The molecule has 0 amide bonds. The fraction of sp³-hybridized carbons (Fsp3) is 0.889. The van der Waals surface area contributed by atoms with Crippen molar-refractivity contribution in [2.24, 2.45) is 0 Å². The molecule has 0 aromatic rings. The Kier molecular flexibility index (Phi) is 26.1. The predicted octanol–water partition coefficient (Wildman–Crippen LogP) is 9.55. The molecule has 1 rings (SSSR count). The molecule has 1 N–H and O–H groups in total. The molecule has 1 aliphatic rings. The first-order valence-electron chi connectivity index (χ1n) is 17.9. The quantitative estimate of drug-likeness (QED) is 0.0372. The van der Waals surface area contributed by atoms with Crippen LogP contribution in [-0.4, -0.2) is 48.6 Å². The number of allylic oxidation sites excluding steroid dienone is 1. The average molecular weight is 595 g/mol. The van der Waals surface area contributed by atoms with E-state index in [0.717, 1.165) is 57.8 Å². The normalized spacial score (nSPS) is 17.0. The van der Waals surface area contributed by atoms with Gasteiger partial charge in [0.15, 0.2) is 6.10 Å². The van der Waals surface area contributed by atoms with Crippen molar-refractivity contribution in [3.8, 4) is 0 Å². The van der Waals surface area contributed by atoms with Crippen LogP contribution in [0.1, 0.15) is 174 Å². The monoisotopic (exact) mass is 594 g/mol. The van der Waals surface area contributed by atoms with E-state index in [-0.39, 0.29) is 25.2 Å². The molecule has 1 saturated heterocycles. The highest BCUT2D eigenvalue weighted by Crippen LogP contribution is 2.30. The Labute approximate surface area is 258 Å². The maximum absolute atomic E-state index is 12.1. The van der Waals surface area contributed by atoms with E-state index in [1.807, 2.05) is 0 Å². The van der Waals surface area contributed by atoms with Gasteiger partial charge in [-0.25, -0.2) is 0 Å². The molecule has 0 aromatic carbocycles. The second kappa shape index (κ2) is 28.4. The maximum atomic E-state index is 12.1. The van der Waals surface area contributed by atoms with Crippen LogP contribution in [0.3, 0.4) is 0 Å². The fourth-order valence-electron chi connectivity index (χ4n) is 5.38. The lowest BCUT2D eigenvalue weighted by molar-refractivity contribution is -0.161. The number of rotatable bonds is 31. The number of ether oxygens (including phenoxy) is 3. The van der Waals surface area contributed by atoms with Crippen LogP contribution < -0.4 is 0 Å². The van der Waals surface area contributed by atoms with Crippen LogP contribution in [-0.2, 0) is 23.8 Å². The number of hydrogen-bond acceptors (Lipinski definition) is 6. The van der Waals surface area contributed by atoms with Crippen molar-refractivity contribution in [2.75, 3.05) is 13.2 Å². The summed E-state index contributed by atoms with van der Waals surface area (Å²) in [7, 11) is 0. The number of carbonyl (C=O) groups excluding carboxylic acids is 2. The summed E-state index contributed by atoms with van der Waals surface area (Å²) in [6.45, 7) is 4.08. The molecule has 0 spiro atoms. The summed E-state index contributed by atoms with van der Waals surface area (Å²) in [5, 5.41) is 9.52. The Bertz CT molecular complexity index is 663. The third kappa shape index (κ3) is 24.1. The van der Waals surface area contributed by atoms with Crippen molar-refractivity contribution in [1.82, 2.24) is 0 Å². The summed E-state index contributed by atoms with van der Waals surface area (Å²) in [6.07, 6.45) is 32.8. The zero-order chi connectivity index (χ0) is 30.5. The van der Waals surface area contributed by atoms with Crippen molar-refractivity contribution in [3.63, 3.8) is 0 Å². The van der Waals surface area contributed by atoms with Gasteiger partial charge in [-0.1, -0.05) is 135 Å². The van der Waals surface area contributed by atoms with E-state index >= 15 is 0 Å². The van der Waals surface area contributed by atoms with Gasteiger partial charge in [-0.3, -0.25) is 9.59 Å². The van der Waals surface area contributed by atoms with Crippen LogP contribution in [0, 0.1) is 0 Å². The third-order valence-corrected chi connectivity index (χ3v) is 8.23. The van der Waals surface area contributed by atoms with Crippen molar-refractivity contribution >= 4 is 11.9 Å². The SMILES string of the molecule is CCCCC/C=C\CC1OC1CCCCCCCC(=O)O[C@@H](CO)COC(=O)CCCCCCCCCCCCCC. The Morgan fingerprint density at radius 2 is 1.19 bits per heavy atom. The molecule has 246 valence electrons. The number of hydrogen-bond donors (Lipinski definition) is 1. The minimum absolute atomic E-state index is 0.0712. The van der Waals surface area contributed by atoms with Crippen molar-refractivity contribution < 1.29 is 28.9 Å². The molecule has 3 atom stereocenters. The van der Waals surface area contributed by atoms with Gasteiger partial charge in [0.05, 0.1) is 18.8 Å². The largest absolute Gasteiger partial charge is 0.462 e. The number of unbranched alkanes of at least 4 members (excludes halogenated alkanes) is 18. The van der Waals surface area contributed by atoms with Crippen LogP contribution >= 0.6 is 0 Å². The predicted molar refractivity (Wildman–Crippen MR) is 172 cm³/mol. The molecular formula is C36H66O6. The molecule has 2 unspecified atom stereocenters. The van der Waals surface area contributed by atoms with Crippen molar-refractivity contribution in [1.29, 1.82) is 0 Å². The highest BCUT2D eigenvalue weighted by Gasteiger charge is 2.36. The van der Waals surface area contributed by atoms with E-state index in [2.05, 4.69) is 26.0 Å². The summed E-state index contributed by atoms with van der Waals surface area (Å²) in [5.74, 6) is -0.610. The smallest absolute Gasteiger partial charge is 0.306 e. The highest BCUT2D eigenvalue weighted by molar-refractivity contribution is 5.70. The first-order chi connectivity index (χ1) is 20.6. The van der Waals surface area contributed by atoms with Gasteiger partial charge in [-0.15, -0.1) is 0 Å². The minimum atomic E-state index is -0.777. The molecule has 1 aliphatic heterocycles. The van der Waals surface area contributed by atoms with Gasteiger partial charge in [0.25, 0.3) is 0 Å². The van der Waals surface area contributed by atoms with Crippen molar-refractivity contribution in [2.45, 2.75) is 193 Å². The van der Waals surface area contributed by atoms with Gasteiger partial charge in [0, 0.05) is 12.8 Å². The lowest BCUT2D eigenvalue weighted by atomic mass is 10.0. The molecule has 0 saturated carbocycles. The zero-order valence-corrected chi connectivity index (χ0v) is 27.5. The van der Waals surface area contributed by atoms with Crippen LogP contribution in [0.25, 0.3) is 0 Å². The fourth-order valence-corrected chi connectivity index (χ4v) is 5.38. The average Bonchev–Trinajstić information content (AvgIpc) is 3.74. The summed E-state index contributed by atoms with van der Waals surface area (Å²) < 4.78 is 16.3. The molecule has 0 radical (unpaired) electrons. The molecule has 0 aromatic heterocycles. The Hall–Kier alpha value is -1.40. The number of aliphatic hydroxyl groups excluding tert-OH is 1. The molecule has 6 heteroatoms. The molecule has 6 nitrogen and oxygen atoms in total. The second-order valence-corrected chi connectivity index (χ2v) is 12.3. The number of aliphatic hydroxyl groups is 1. The molecule has 1 fully saturated rings. The maximum Gasteiger partial charge on any atom is 0.306 e. The van der Waals surface area contributed by atoms with Gasteiger partial charge in [-0.2, -0.15) is 0 Å². The van der Waals surface area contributed by atoms with Gasteiger partial charge < -0.3 is 19.3 Å². The third-order valence-electron chi connectivity index (χ3n) is 8.23. The minimum Gasteiger partial charge on any atom is -0.462 e. The number of carbonyl (C=O) groups is 2. The first kappa shape index (κ1) is 38.6. The van der Waals surface area contributed by atoms with Gasteiger partial charge in [0.2, 0.25) is 0 Å². The molecule has 0 aliphatic carbocycles. The van der Waals surface area contributed by atoms with Gasteiger partial charge >= 0.3 is 11.9 Å². The van der Waals surface area contributed by atoms with Crippen molar-refractivity contribution in [3.05, 3.63) is 12.2 Å². The van der Waals surface area contributed by atoms with Crippen LogP contribution in [0.4, 0.5) is 0 Å². The van der Waals surface area contributed by atoms with Crippen LogP contribution in [0.15, 0.2) is 12.2 Å². The van der Waals surface area contributed by atoms with E-state index < -0.39 is 6.10 Å². The lowest BCUT2D eigenvalue weighted by Crippen LogP contribution is -2.28. The number of epoxide rings is 1. The topological polar surface area (TPSA) is 85.4 Å².